The number of aromatic nitrogens is 2. The van der Waals surface area contributed by atoms with Crippen LogP contribution < -0.4 is 4.90 Å². The van der Waals surface area contributed by atoms with Gasteiger partial charge < -0.3 is 19.7 Å². The van der Waals surface area contributed by atoms with Crippen LogP contribution in [0, 0.1) is 0 Å². The molecule has 0 atom stereocenters. The number of fused-ring (bicyclic) bond motifs is 1. The molecule has 4 rings (SSSR count). The van der Waals surface area contributed by atoms with Crippen LogP contribution in [0.2, 0.25) is 0 Å². The predicted octanol–water partition coefficient (Wildman–Crippen LogP) is 2.68. The lowest BCUT2D eigenvalue weighted by Crippen LogP contribution is -2.47. The van der Waals surface area contributed by atoms with E-state index < -0.39 is 0 Å². The van der Waals surface area contributed by atoms with Crippen LogP contribution in [0.25, 0.3) is 22.2 Å². The van der Waals surface area contributed by atoms with Gasteiger partial charge in [0.05, 0.1) is 11.3 Å². The summed E-state index contributed by atoms with van der Waals surface area (Å²) < 4.78 is 0. The Morgan fingerprint density at radius 3 is 2.59 bits per heavy atom. The van der Waals surface area contributed by atoms with Gasteiger partial charge in [-0.3, -0.25) is 4.79 Å². The zero-order valence-corrected chi connectivity index (χ0v) is 16.1. The minimum Gasteiger partial charge on any atom is -0.362 e. The Bertz CT molecular complexity index is 970. The Morgan fingerprint density at radius 1 is 1.07 bits per heavy atom. The van der Waals surface area contributed by atoms with E-state index in [9.17, 15) is 4.79 Å². The van der Waals surface area contributed by atoms with E-state index in [-0.39, 0.29) is 5.91 Å². The van der Waals surface area contributed by atoms with E-state index >= 15 is 0 Å². The molecular weight excluding hydrogens is 338 g/mol. The molecule has 3 aromatic rings. The van der Waals surface area contributed by atoms with Crippen LogP contribution in [0.4, 0.5) is 5.82 Å². The molecule has 0 unspecified atom stereocenters. The van der Waals surface area contributed by atoms with Gasteiger partial charge in [0.25, 0.3) is 5.91 Å². The van der Waals surface area contributed by atoms with E-state index in [2.05, 4.69) is 41.2 Å². The quantitative estimate of drug-likeness (QED) is 0.777. The minimum absolute atomic E-state index is 0.0620. The van der Waals surface area contributed by atoms with Crippen molar-refractivity contribution in [1.29, 1.82) is 0 Å². The number of nitrogens with zero attached hydrogens (tertiary/aromatic N) is 4. The van der Waals surface area contributed by atoms with E-state index in [1.165, 1.54) is 0 Å². The smallest absolute Gasteiger partial charge is 0.257 e. The minimum atomic E-state index is 0.0620. The van der Waals surface area contributed by atoms with Gasteiger partial charge in [-0.05, 0) is 37.4 Å². The predicted molar refractivity (Wildman–Crippen MR) is 109 cm³/mol. The molecule has 1 aromatic carbocycles. The first-order chi connectivity index (χ1) is 13.0. The van der Waals surface area contributed by atoms with Crippen molar-refractivity contribution >= 4 is 22.6 Å². The molecule has 1 saturated heterocycles. The molecule has 1 N–H and O–H groups in total. The van der Waals surface area contributed by atoms with Crippen molar-refractivity contribution in [3.8, 4) is 11.3 Å². The summed E-state index contributed by atoms with van der Waals surface area (Å²) >= 11 is 0. The van der Waals surface area contributed by atoms with Crippen molar-refractivity contribution < 1.29 is 4.79 Å². The molecule has 2 aromatic heterocycles. The number of rotatable bonds is 3. The summed E-state index contributed by atoms with van der Waals surface area (Å²) in [4.78, 5) is 27.2. The number of benzene rings is 1. The number of piperazine rings is 1. The molecule has 1 aliphatic heterocycles. The van der Waals surface area contributed by atoms with Crippen molar-refractivity contribution in [3.05, 3.63) is 48.2 Å². The monoisotopic (exact) mass is 363 g/mol. The normalized spacial score (nSPS) is 15.3. The fourth-order valence-electron chi connectivity index (χ4n) is 3.51. The lowest BCUT2D eigenvalue weighted by Gasteiger charge is -2.33. The largest absolute Gasteiger partial charge is 0.362 e. The number of aromatic amines is 1. The van der Waals surface area contributed by atoms with Crippen molar-refractivity contribution in [3.63, 3.8) is 0 Å². The maximum Gasteiger partial charge on any atom is 0.257 e. The molecule has 0 radical (unpaired) electrons. The average molecular weight is 363 g/mol. The highest BCUT2D eigenvalue weighted by Gasteiger charge is 2.24. The summed E-state index contributed by atoms with van der Waals surface area (Å²) in [6.45, 7) is 3.33. The van der Waals surface area contributed by atoms with Gasteiger partial charge in [-0.25, -0.2) is 4.98 Å². The highest BCUT2D eigenvalue weighted by atomic mass is 16.2. The number of likely N-dealkylation sites (N-methyl/N-ethyl adjacent to an activating group) is 1. The van der Waals surface area contributed by atoms with Crippen LogP contribution in [-0.4, -0.2) is 73.0 Å². The SMILES string of the molecule is CN1CCN(C(=O)c2ccc(-c3ccc4[nH]ccc4c3)nc2N(C)C)CC1. The van der Waals surface area contributed by atoms with Crippen LogP contribution in [0.3, 0.4) is 0 Å². The number of hydrogen-bond acceptors (Lipinski definition) is 4. The molecule has 1 amide bonds. The zero-order chi connectivity index (χ0) is 19.0. The average Bonchev–Trinajstić information content (AvgIpc) is 3.15. The third-order valence-electron chi connectivity index (χ3n) is 5.17. The molecule has 27 heavy (non-hydrogen) atoms. The van der Waals surface area contributed by atoms with Crippen LogP contribution in [-0.2, 0) is 0 Å². The Kier molecular flexibility index (Phi) is 4.58. The van der Waals surface area contributed by atoms with Crippen molar-refractivity contribution in [2.75, 3.05) is 52.2 Å². The molecule has 1 fully saturated rings. The standard InChI is InChI=1S/C21H25N5O/c1-24(2)20-17(21(27)26-12-10-25(3)11-13-26)5-7-19(23-20)15-4-6-18-16(14-15)8-9-22-18/h4-9,14,22H,10-13H2,1-3H3. The molecular formula is C21H25N5O. The van der Waals surface area contributed by atoms with E-state index in [0.717, 1.165) is 48.3 Å². The van der Waals surface area contributed by atoms with Crippen molar-refractivity contribution in [2.24, 2.45) is 0 Å². The molecule has 6 heteroatoms. The van der Waals surface area contributed by atoms with Gasteiger partial charge in [0.1, 0.15) is 5.82 Å². The fourth-order valence-corrected chi connectivity index (χ4v) is 3.51. The van der Waals surface area contributed by atoms with Crippen molar-refractivity contribution in [2.45, 2.75) is 0 Å². The highest BCUT2D eigenvalue weighted by molar-refractivity contribution is 5.99. The van der Waals surface area contributed by atoms with Gasteiger partial charge in [-0.1, -0.05) is 6.07 Å². The van der Waals surface area contributed by atoms with Crippen LogP contribution in [0.5, 0.6) is 0 Å². The Hall–Kier alpha value is -2.86. The Labute approximate surface area is 159 Å². The van der Waals surface area contributed by atoms with Gasteiger partial charge in [0, 0.05) is 62.9 Å². The lowest BCUT2D eigenvalue weighted by molar-refractivity contribution is 0.0664. The molecule has 1 aliphatic rings. The van der Waals surface area contributed by atoms with Gasteiger partial charge in [0.15, 0.2) is 0 Å². The number of H-pyrrole nitrogens is 1. The summed E-state index contributed by atoms with van der Waals surface area (Å²) in [6.07, 6.45) is 1.94. The Morgan fingerprint density at radius 2 is 1.85 bits per heavy atom. The molecule has 6 nitrogen and oxygen atoms in total. The molecule has 3 heterocycles. The topological polar surface area (TPSA) is 55.5 Å². The molecule has 0 aliphatic carbocycles. The number of carbonyl (C=O) groups is 1. The summed E-state index contributed by atoms with van der Waals surface area (Å²) in [5.41, 5.74) is 3.69. The molecule has 0 saturated carbocycles. The van der Waals surface area contributed by atoms with Crippen LogP contribution >= 0.6 is 0 Å². The third-order valence-corrected chi connectivity index (χ3v) is 5.17. The number of anilines is 1. The van der Waals surface area contributed by atoms with E-state index in [0.29, 0.717) is 11.4 Å². The molecule has 0 bridgehead atoms. The maximum atomic E-state index is 13.1. The Balaban J connectivity index is 1.68. The second-order valence-corrected chi connectivity index (χ2v) is 7.34. The van der Waals surface area contributed by atoms with Gasteiger partial charge in [0.2, 0.25) is 0 Å². The molecule has 0 spiro atoms. The van der Waals surface area contributed by atoms with Gasteiger partial charge >= 0.3 is 0 Å². The number of nitrogens with one attached hydrogen (secondary N) is 1. The maximum absolute atomic E-state index is 13.1. The number of pyridine rings is 1. The van der Waals surface area contributed by atoms with Gasteiger partial charge in [-0.15, -0.1) is 0 Å². The summed E-state index contributed by atoms with van der Waals surface area (Å²) in [6, 6.07) is 12.2. The van der Waals surface area contributed by atoms with Gasteiger partial charge in [-0.2, -0.15) is 0 Å². The van der Waals surface area contributed by atoms with E-state index in [1.807, 2.05) is 42.2 Å². The van der Waals surface area contributed by atoms with E-state index in [4.69, 9.17) is 4.98 Å². The van der Waals surface area contributed by atoms with Crippen molar-refractivity contribution in [1.82, 2.24) is 19.8 Å². The number of amides is 1. The summed E-state index contributed by atoms with van der Waals surface area (Å²) in [5, 5.41) is 1.15. The second-order valence-electron chi connectivity index (χ2n) is 7.34. The zero-order valence-electron chi connectivity index (χ0n) is 16.1. The fraction of sp³-hybridized carbons (Fsp3) is 0.333. The summed E-state index contributed by atoms with van der Waals surface area (Å²) in [7, 11) is 5.95. The number of carbonyl (C=O) groups excluding carboxylic acids is 1. The van der Waals surface area contributed by atoms with Crippen LogP contribution in [0.15, 0.2) is 42.6 Å². The first-order valence-corrected chi connectivity index (χ1v) is 9.26. The summed E-state index contributed by atoms with van der Waals surface area (Å²) in [5.74, 6) is 0.775. The first kappa shape index (κ1) is 17.5. The second kappa shape index (κ2) is 7.04. The third kappa shape index (κ3) is 3.40. The lowest BCUT2D eigenvalue weighted by atomic mass is 10.1. The highest BCUT2D eigenvalue weighted by Crippen LogP contribution is 2.27. The first-order valence-electron chi connectivity index (χ1n) is 9.26. The van der Waals surface area contributed by atoms with Crippen LogP contribution in [0.1, 0.15) is 10.4 Å². The van der Waals surface area contributed by atoms with E-state index in [1.54, 1.807) is 0 Å². The molecule has 140 valence electrons. The number of hydrogen-bond donors (Lipinski definition) is 1.